The molecule has 6 nitrogen and oxygen atoms in total. The normalized spacial score (nSPS) is 15.8. The summed E-state index contributed by atoms with van der Waals surface area (Å²) in [6.45, 7) is 4.50. The van der Waals surface area contributed by atoms with Gasteiger partial charge >= 0.3 is 0 Å². The molecule has 4 rings (SSSR count). The number of aromatic nitrogens is 2. The molecular weight excluding hydrogens is 474 g/mol. The molecule has 2 aromatic carbocycles. The second-order valence-corrected chi connectivity index (χ2v) is 10.6. The Kier molecular flexibility index (Phi) is 6.31. The molecule has 2 heterocycles. The van der Waals surface area contributed by atoms with Gasteiger partial charge in [-0.05, 0) is 49.4 Å². The van der Waals surface area contributed by atoms with Crippen molar-refractivity contribution in [1.29, 1.82) is 0 Å². The number of hydrogen-bond donors (Lipinski definition) is 0. The van der Waals surface area contributed by atoms with Crippen molar-refractivity contribution in [2.75, 3.05) is 26.3 Å². The predicted molar refractivity (Wildman–Crippen MR) is 119 cm³/mol. The smallest absolute Gasteiger partial charge is 0.243 e. The highest BCUT2D eigenvalue weighted by molar-refractivity contribution is 9.10. The lowest BCUT2D eigenvalue weighted by molar-refractivity contribution is 0.0730. The molecular formula is C20H22BrN3O3S2. The summed E-state index contributed by atoms with van der Waals surface area (Å²) in [5, 5.41) is 0. The Hall–Kier alpha value is -1.39. The van der Waals surface area contributed by atoms with Crippen LogP contribution in [0.5, 0.6) is 0 Å². The number of hydrogen-bond acceptors (Lipinski definition) is 5. The maximum absolute atomic E-state index is 13.0. The summed E-state index contributed by atoms with van der Waals surface area (Å²) in [5.74, 6) is 1.66. The van der Waals surface area contributed by atoms with Crippen LogP contribution in [-0.4, -0.2) is 48.6 Å². The van der Waals surface area contributed by atoms with Gasteiger partial charge in [-0.3, -0.25) is 0 Å². The van der Waals surface area contributed by atoms with Gasteiger partial charge in [0.05, 0.1) is 34.9 Å². The maximum Gasteiger partial charge on any atom is 0.243 e. The van der Waals surface area contributed by atoms with Crippen molar-refractivity contribution in [1.82, 2.24) is 13.9 Å². The van der Waals surface area contributed by atoms with Crippen molar-refractivity contribution in [2.45, 2.75) is 29.0 Å². The van der Waals surface area contributed by atoms with Crippen LogP contribution >= 0.6 is 27.7 Å². The molecule has 1 saturated heterocycles. The van der Waals surface area contributed by atoms with Gasteiger partial charge in [-0.1, -0.05) is 15.9 Å². The summed E-state index contributed by atoms with van der Waals surface area (Å²) >= 11 is 5.17. The van der Waals surface area contributed by atoms with Crippen LogP contribution in [0.4, 0.5) is 0 Å². The molecule has 0 unspecified atom stereocenters. The van der Waals surface area contributed by atoms with Crippen molar-refractivity contribution in [2.24, 2.45) is 0 Å². The first kappa shape index (κ1) is 20.9. The van der Waals surface area contributed by atoms with Gasteiger partial charge < -0.3 is 9.30 Å². The van der Waals surface area contributed by atoms with Crippen molar-refractivity contribution in [3.63, 3.8) is 0 Å². The van der Waals surface area contributed by atoms with Crippen molar-refractivity contribution in [3.05, 3.63) is 52.8 Å². The van der Waals surface area contributed by atoms with Crippen LogP contribution < -0.4 is 0 Å². The van der Waals surface area contributed by atoms with E-state index in [0.717, 1.165) is 28.1 Å². The first-order valence-corrected chi connectivity index (χ1v) is 12.7. The molecule has 0 radical (unpaired) electrons. The summed E-state index contributed by atoms with van der Waals surface area (Å²) in [7, 11) is -3.53. The Morgan fingerprint density at radius 2 is 1.86 bits per heavy atom. The van der Waals surface area contributed by atoms with E-state index in [1.54, 1.807) is 23.9 Å². The first-order valence-electron chi connectivity index (χ1n) is 9.44. The van der Waals surface area contributed by atoms with Crippen molar-refractivity contribution in [3.8, 4) is 0 Å². The second-order valence-electron chi connectivity index (χ2n) is 6.68. The number of thioether (sulfide) groups is 1. The molecule has 9 heteroatoms. The third-order valence-corrected chi connectivity index (χ3v) is 8.34. The molecule has 0 aliphatic carbocycles. The fraction of sp³-hybridized carbons (Fsp3) is 0.350. The van der Waals surface area contributed by atoms with Crippen molar-refractivity contribution >= 4 is 48.7 Å². The van der Waals surface area contributed by atoms with E-state index in [2.05, 4.69) is 39.6 Å². The minimum atomic E-state index is -3.53. The van der Waals surface area contributed by atoms with E-state index in [9.17, 15) is 8.42 Å². The average molecular weight is 496 g/mol. The van der Waals surface area contributed by atoms with E-state index < -0.39 is 10.0 Å². The molecule has 0 saturated carbocycles. The number of benzene rings is 2. The summed E-state index contributed by atoms with van der Waals surface area (Å²) in [6.07, 6.45) is 0. The third kappa shape index (κ3) is 4.39. The maximum atomic E-state index is 13.0. The number of fused-ring (bicyclic) bond motifs is 1. The summed E-state index contributed by atoms with van der Waals surface area (Å²) in [6, 6.07) is 13.4. The van der Waals surface area contributed by atoms with Crippen LogP contribution in [0.1, 0.15) is 12.7 Å². The number of imidazole rings is 1. The fourth-order valence-electron chi connectivity index (χ4n) is 3.40. The predicted octanol–water partition coefficient (Wildman–Crippen LogP) is 4.13. The van der Waals surface area contributed by atoms with E-state index in [1.807, 2.05) is 18.2 Å². The number of rotatable bonds is 6. The largest absolute Gasteiger partial charge is 0.379 e. The highest BCUT2D eigenvalue weighted by Crippen LogP contribution is 2.28. The monoisotopic (exact) mass is 495 g/mol. The van der Waals surface area contributed by atoms with Crippen LogP contribution in [-0.2, 0) is 27.1 Å². The van der Waals surface area contributed by atoms with Gasteiger partial charge in [0, 0.05) is 29.0 Å². The highest BCUT2D eigenvalue weighted by Gasteiger charge is 2.27. The fourth-order valence-corrected chi connectivity index (χ4v) is 5.94. The van der Waals surface area contributed by atoms with Gasteiger partial charge in [0.15, 0.2) is 0 Å². The Morgan fingerprint density at radius 3 is 2.55 bits per heavy atom. The molecule has 1 aromatic heterocycles. The lowest BCUT2D eigenvalue weighted by Crippen LogP contribution is -2.40. The van der Waals surface area contributed by atoms with Crippen LogP contribution in [0.2, 0.25) is 0 Å². The summed E-state index contributed by atoms with van der Waals surface area (Å²) in [5.41, 5.74) is 1.67. The van der Waals surface area contributed by atoms with Crippen LogP contribution in [0.25, 0.3) is 11.0 Å². The van der Waals surface area contributed by atoms with Gasteiger partial charge in [-0.15, -0.1) is 11.8 Å². The number of ether oxygens (including phenoxy) is 1. The molecule has 0 amide bonds. The van der Waals surface area contributed by atoms with E-state index >= 15 is 0 Å². The minimum Gasteiger partial charge on any atom is -0.379 e. The Labute approximate surface area is 183 Å². The van der Waals surface area contributed by atoms with Crippen molar-refractivity contribution < 1.29 is 13.2 Å². The zero-order chi connectivity index (χ0) is 20.4. The van der Waals surface area contributed by atoms with Crippen LogP contribution in [0.15, 0.2) is 56.7 Å². The number of sulfonamides is 1. The molecule has 29 heavy (non-hydrogen) atoms. The minimum absolute atomic E-state index is 0.291. The zero-order valence-electron chi connectivity index (χ0n) is 16.0. The Bertz CT molecular complexity index is 1110. The number of halogens is 1. The third-order valence-electron chi connectivity index (χ3n) is 4.90. The quantitative estimate of drug-likeness (QED) is 0.481. The second kappa shape index (κ2) is 8.77. The lowest BCUT2D eigenvalue weighted by atomic mass is 10.3. The molecule has 0 N–H and O–H groups in total. The van der Waals surface area contributed by atoms with Crippen LogP contribution in [0, 0.1) is 0 Å². The topological polar surface area (TPSA) is 64.4 Å². The van der Waals surface area contributed by atoms with Gasteiger partial charge in [-0.2, -0.15) is 4.31 Å². The van der Waals surface area contributed by atoms with Gasteiger partial charge in [0.25, 0.3) is 0 Å². The number of aryl methyl sites for hydroxylation is 1. The standard InChI is InChI=1S/C20H22BrN3O3S2/c1-2-24-19-8-7-17(29(25,26)23-9-11-27-12-10-23)13-18(19)22-20(24)14-28-16-5-3-15(21)4-6-16/h3-8,13H,2,9-12,14H2,1H3. The molecule has 1 fully saturated rings. The van der Waals surface area contributed by atoms with Gasteiger partial charge in [-0.25, -0.2) is 13.4 Å². The van der Waals surface area contributed by atoms with Gasteiger partial charge in [0.1, 0.15) is 5.82 Å². The van der Waals surface area contributed by atoms with E-state index in [0.29, 0.717) is 36.7 Å². The Balaban J connectivity index is 1.62. The first-order chi connectivity index (χ1) is 14.0. The highest BCUT2D eigenvalue weighted by atomic mass is 79.9. The van der Waals surface area contributed by atoms with E-state index in [1.165, 1.54) is 9.20 Å². The number of nitrogens with zero attached hydrogens (tertiary/aromatic N) is 3. The molecule has 1 aliphatic rings. The Morgan fingerprint density at radius 1 is 1.14 bits per heavy atom. The molecule has 0 bridgehead atoms. The molecule has 3 aromatic rings. The summed E-state index contributed by atoms with van der Waals surface area (Å²) < 4.78 is 35.9. The van der Waals surface area contributed by atoms with Crippen LogP contribution in [0.3, 0.4) is 0 Å². The SMILES string of the molecule is CCn1c(CSc2ccc(Br)cc2)nc2cc(S(=O)(=O)N3CCOCC3)ccc21. The molecule has 154 valence electrons. The average Bonchev–Trinajstić information content (AvgIpc) is 3.10. The lowest BCUT2D eigenvalue weighted by Gasteiger charge is -2.26. The zero-order valence-corrected chi connectivity index (χ0v) is 19.3. The molecule has 0 atom stereocenters. The van der Waals surface area contributed by atoms with E-state index in [4.69, 9.17) is 9.72 Å². The molecule has 1 aliphatic heterocycles. The number of morpholine rings is 1. The summed E-state index contributed by atoms with van der Waals surface area (Å²) in [4.78, 5) is 6.22. The van der Waals surface area contributed by atoms with Gasteiger partial charge in [0.2, 0.25) is 10.0 Å². The molecule has 0 spiro atoms. The van der Waals surface area contributed by atoms with E-state index in [-0.39, 0.29) is 0 Å².